The van der Waals surface area contributed by atoms with E-state index in [1.165, 1.54) is 0 Å². The van der Waals surface area contributed by atoms with Gasteiger partial charge in [0.25, 0.3) is 0 Å². The lowest BCUT2D eigenvalue weighted by Gasteiger charge is -2.24. The first kappa shape index (κ1) is 17.7. The molecule has 3 aromatic carbocycles. The zero-order valence-electron chi connectivity index (χ0n) is 15.3. The molecule has 1 amide bonds. The largest absolute Gasteiger partial charge is 0.497 e. The second kappa shape index (κ2) is 7.53. The number of fused-ring (bicyclic) bond motifs is 1. The lowest BCUT2D eigenvalue weighted by atomic mass is 10.1. The molecule has 138 valence electrons. The average molecular weight is 379 g/mol. The molecule has 1 heterocycles. The fraction of sp³-hybridized carbons (Fsp3) is 0.227. The summed E-state index contributed by atoms with van der Waals surface area (Å²) in [6.45, 7) is 0.598. The number of nitrogens with zero attached hydrogens (tertiary/aromatic N) is 1. The topological polar surface area (TPSA) is 38.8 Å². The van der Waals surface area contributed by atoms with Crippen LogP contribution < -0.4 is 9.47 Å². The summed E-state index contributed by atoms with van der Waals surface area (Å²) in [4.78, 5) is 14.5. The Morgan fingerprint density at radius 1 is 0.926 bits per heavy atom. The summed E-state index contributed by atoms with van der Waals surface area (Å²) in [5.74, 6) is 2.36. The molecular weight excluding hydrogens is 358 g/mol. The monoisotopic (exact) mass is 379 g/mol. The van der Waals surface area contributed by atoms with Crippen molar-refractivity contribution in [3.05, 3.63) is 71.8 Å². The first-order chi connectivity index (χ1) is 13.2. The van der Waals surface area contributed by atoms with Crippen molar-refractivity contribution >= 4 is 28.4 Å². The third kappa shape index (κ3) is 3.60. The van der Waals surface area contributed by atoms with E-state index in [9.17, 15) is 4.79 Å². The summed E-state index contributed by atoms with van der Waals surface area (Å²) in [6.07, 6.45) is 0. The second-order valence-electron chi connectivity index (χ2n) is 6.51. The van der Waals surface area contributed by atoms with E-state index in [1.54, 1.807) is 26.0 Å². The lowest BCUT2D eigenvalue weighted by Crippen LogP contribution is -2.27. The van der Waals surface area contributed by atoms with E-state index in [0.717, 1.165) is 33.4 Å². The lowest BCUT2D eigenvalue weighted by molar-refractivity contribution is -0.128. The zero-order chi connectivity index (χ0) is 18.8. The Morgan fingerprint density at radius 3 is 2.33 bits per heavy atom. The van der Waals surface area contributed by atoms with Crippen molar-refractivity contribution in [1.82, 2.24) is 4.90 Å². The van der Waals surface area contributed by atoms with Crippen LogP contribution in [0.2, 0.25) is 0 Å². The molecule has 1 fully saturated rings. The first-order valence-electron chi connectivity index (χ1n) is 8.79. The van der Waals surface area contributed by atoms with Gasteiger partial charge in [-0.25, -0.2) is 0 Å². The summed E-state index contributed by atoms with van der Waals surface area (Å²) in [5, 5.41) is 2.32. The van der Waals surface area contributed by atoms with E-state index in [1.807, 2.05) is 41.3 Å². The molecule has 0 N–H and O–H groups in total. The zero-order valence-corrected chi connectivity index (χ0v) is 16.2. The van der Waals surface area contributed by atoms with Gasteiger partial charge in [0.2, 0.25) is 5.91 Å². The number of amides is 1. The van der Waals surface area contributed by atoms with E-state index in [4.69, 9.17) is 9.47 Å². The van der Waals surface area contributed by atoms with Gasteiger partial charge in [-0.1, -0.05) is 30.3 Å². The van der Waals surface area contributed by atoms with Crippen molar-refractivity contribution in [2.24, 2.45) is 0 Å². The van der Waals surface area contributed by atoms with Gasteiger partial charge < -0.3 is 14.4 Å². The SMILES string of the molecule is COc1ccc(CN2C(=O)CS[C@@H]2c2ccc3cc(OC)ccc3c2)cc1. The number of benzene rings is 3. The van der Waals surface area contributed by atoms with Crippen LogP contribution >= 0.6 is 11.8 Å². The van der Waals surface area contributed by atoms with Crippen molar-refractivity contribution < 1.29 is 14.3 Å². The molecule has 3 aromatic rings. The predicted octanol–water partition coefficient (Wildman–Crippen LogP) is 4.63. The number of hydrogen-bond donors (Lipinski definition) is 0. The number of carbonyl (C=O) groups excluding carboxylic acids is 1. The second-order valence-corrected chi connectivity index (χ2v) is 7.57. The Morgan fingerprint density at radius 2 is 1.59 bits per heavy atom. The molecule has 1 atom stereocenters. The first-order valence-corrected chi connectivity index (χ1v) is 9.84. The van der Waals surface area contributed by atoms with Gasteiger partial charge in [-0.05, 0) is 52.2 Å². The van der Waals surface area contributed by atoms with E-state index in [2.05, 4.69) is 24.3 Å². The van der Waals surface area contributed by atoms with Crippen molar-refractivity contribution in [2.75, 3.05) is 20.0 Å². The number of methoxy groups -OCH3 is 2. The Bertz CT molecular complexity index is 971. The van der Waals surface area contributed by atoms with Crippen LogP contribution in [0.4, 0.5) is 0 Å². The van der Waals surface area contributed by atoms with E-state index < -0.39 is 0 Å². The minimum absolute atomic E-state index is 0.0334. The number of hydrogen-bond acceptors (Lipinski definition) is 4. The molecule has 0 aromatic heterocycles. The van der Waals surface area contributed by atoms with Crippen LogP contribution in [0, 0.1) is 0 Å². The molecular formula is C22H21NO3S. The molecule has 5 heteroatoms. The highest BCUT2D eigenvalue weighted by atomic mass is 32.2. The minimum atomic E-state index is 0.0334. The van der Waals surface area contributed by atoms with Crippen LogP contribution in [0.5, 0.6) is 11.5 Å². The smallest absolute Gasteiger partial charge is 0.234 e. The number of carbonyl (C=O) groups is 1. The van der Waals surface area contributed by atoms with Crippen LogP contribution in [0.25, 0.3) is 10.8 Å². The third-order valence-electron chi connectivity index (χ3n) is 4.84. The van der Waals surface area contributed by atoms with Gasteiger partial charge in [0.1, 0.15) is 16.9 Å². The van der Waals surface area contributed by atoms with Crippen LogP contribution in [0.1, 0.15) is 16.5 Å². The van der Waals surface area contributed by atoms with Crippen molar-refractivity contribution in [3.63, 3.8) is 0 Å². The highest BCUT2D eigenvalue weighted by Gasteiger charge is 2.32. The molecule has 0 bridgehead atoms. The molecule has 0 unspecified atom stereocenters. The van der Waals surface area contributed by atoms with Gasteiger partial charge in [-0.3, -0.25) is 4.79 Å². The molecule has 1 aliphatic rings. The van der Waals surface area contributed by atoms with Gasteiger partial charge in [0.15, 0.2) is 0 Å². The van der Waals surface area contributed by atoms with Gasteiger partial charge >= 0.3 is 0 Å². The molecule has 0 radical (unpaired) electrons. The maximum absolute atomic E-state index is 12.5. The van der Waals surface area contributed by atoms with Gasteiger partial charge in [0.05, 0.1) is 20.0 Å². The molecule has 1 saturated heterocycles. The minimum Gasteiger partial charge on any atom is -0.497 e. The standard InChI is InChI=1S/C22H21NO3S/c1-25-19-8-3-15(4-9-19)13-23-21(24)14-27-22(23)18-6-5-17-12-20(26-2)10-7-16(17)11-18/h3-12,22H,13-14H2,1-2H3/t22-/m1/s1. The van der Waals surface area contributed by atoms with Gasteiger partial charge in [-0.15, -0.1) is 11.8 Å². The number of ether oxygens (including phenoxy) is 2. The fourth-order valence-electron chi connectivity index (χ4n) is 3.35. The summed E-state index contributed by atoms with van der Waals surface area (Å²) >= 11 is 1.68. The summed E-state index contributed by atoms with van der Waals surface area (Å²) < 4.78 is 10.5. The molecule has 0 aliphatic carbocycles. The normalized spacial score (nSPS) is 16.7. The maximum atomic E-state index is 12.5. The third-order valence-corrected chi connectivity index (χ3v) is 6.09. The van der Waals surface area contributed by atoms with Crippen LogP contribution in [0.3, 0.4) is 0 Å². The molecule has 0 spiro atoms. The fourth-order valence-corrected chi connectivity index (χ4v) is 4.53. The van der Waals surface area contributed by atoms with Crippen LogP contribution in [-0.4, -0.2) is 30.8 Å². The van der Waals surface area contributed by atoms with E-state index in [-0.39, 0.29) is 11.3 Å². The molecule has 27 heavy (non-hydrogen) atoms. The average Bonchev–Trinajstić information content (AvgIpc) is 3.08. The Balaban J connectivity index is 1.60. The molecule has 4 nitrogen and oxygen atoms in total. The van der Waals surface area contributed by atoms with Crippen molar-refractivity contribution in [2.45, 2.75) is 11.9 Å². The summed E-state index contributed by atoms with van der Waals surface area (Å²) in [7, 11) is 3.33. The van der Waals surface area contributed by atoms with Crippen LogP contribution in [0.15, 0.2) is 60.7 Å². The molecule has 1 aliphatic heterocycles. The predicted molar refractivity (Wildman–Crippen MR) is 109 cm³/mol. The molecule has 4 rings (SSSR count). The van der Waals surface area contributed by atoms with E-state index >= 15 is 0 Å². The number of rotatable bonds is 5. The van der Waals surface area contributed by atoms with Crippen molar-refractivity contribution in [1.29, 1.82) is 0 Å². The van der Waals surface area contributed by atoms with Gasteiger partial charge in [-0.2, -0.15) is 0 Å². The maximum Gasteiger partial charge on any atom is 0.234 e. The van der Waals surface area contributed by atoms with E-state index in [0.29, 0.717) is 12.3 Å². The Hall–Kier alpha value is -2.66. The highest BCUT2D eigenvalue weighted by molar-refractivity contribution is 8.00. The molecule has 0 saturated carbocycles. The summed E-state index contributed by atoms with van der Waals surface area (Å²) in [5.41, 5.74) is 2.25. The van der Waals surface area contributed by atoms with Crippen LogP contribution in [-0.2, 0) is 11.3 Å². The van der Waals surface area contributed by atoms with Crippen molar-refractivity contribution in [3.8, 4) is 11.5 Å². The summed E-state index contributed by atoms with van der Waals surface area (Å²) in [6, 6.07) is 20.3. The Labute approximate surface area is 163 Å². The quantitative estimate of drug-likeness (QED) is 0.648. The highest BCUT2D eigenvalue weighted by Crippen LogP contribution is 2.40. The Kier molecular flexibility index (Phi) is 4.94. The van der Waals surface area contributed by atoms with Gasteiger partial charge in [0, 0.05) is 6.54 Å². The number of thioether (sulfide) groups is 1.